The first-order valence-corrected chi connectivity index (χ1v) is 20.7. The molecule has 5 aromatic carbocycles. The van der Waals surface area contributed by atoms with Crippen molar-refractivity contribution in [2.75, 3.05) is 56.2 Å². The summed E-state index contributed by atoms with van der Waals surface area (Å²) in [6.45, 7) is 4.70. The maximum absolute atomic E-state index is 13.7. The summed E-state index contributed by atoms with van der Waals surface area (Å²) in [7, 11) is -4.53. The number of halogens is 1. The average molecular weight is 820 g/mol. The Kier molecular flexibility index (Phi) is 12.7. The van der Waals surface area contributed by atoms with Gasteiger partial charge in [0.05, 0.1) is 28.3 Å². The van der Waals surface area contributed by atoms with Gasteiger partial charge in [0.15, 0.2) is 0 Å². The molecule has 0 aromatic heterocycles. The monoisotopic (exact) mass is 819 g/mol. The van der Waals surface area contributed by atoms with E-state index in [0.29, 0.717) is 18.1 Å². The first kappa shape index (κ1) is 40.1. The molecule has 12 nitrogen and oxygen atoms in total. The molecule has 0 spiro atoms. The van der Waals surface area contributed by atoms with Crippen molar-refractivity contribution in [2.24, 2.45) is 0 Å². The summed E-state index contributed by atoms with van der Waals surface area (Å²) in [5, 5.41) is 15.7. The van der Waals surface area contributed by atoms with E-state index in [9.17, 15) is 23.3 Å². The number of nitro benzene ring substituents is 1. The Morgan fingerprint density at radius 3 is 2.40 bits per heavy atom. The number of ether oxygens (including phenoxy) is 2. The van der Waals surface area contributed by atoms with E-state index >= 15 is 0 Å². The van der Waals surface area contributed by atoms with Gasteiger partial charge in [-0.1, -0.05) is 78.3 Å². The molecule has 1 amide bonds. The highest BCUT2D eigenvalue weighted by atomic mass is 35.5. The van der Waals surface area contributed by atoms with E-state index < -0.39 is 31.4 Å². The van der Waals surface area contributed by atoms with Gasteiger partial charge in [-0.05, 0) is 76.4 Å². The molecule has 1 fully saturated rings. The van der Waals surface area contributed by atoms with Crippen LogP contribution in [0.5, 0.6) is 5.75 Å². The topological polar surface area (TPSA) is 143 Å². The minimum Gasteiger partial charge on any atom is -0.497 e. The van der Waals surface area contributed by atoms with E-state index in [4.69, 9.17) is 21.1 Å². The fourth-order valence-corrected chi connectivity index (χ4v) is 7.98. The van der Waals surface area contributed by atoms with Gasteiger partial charge < -0.3 is 19.7 Å². The van der Waals surface area contributed by atoms with Crippen LogP contribution in [-0.4, -0.2) is 70.1 Å². The largest absolute Gasteiger partial charge is 0.497 e. The molecule has 0 unspecified atom stereocenters. The number of benzene rings is 5. The normalized spacial score (nSPS) is 14.3. The molecule has 5 aromatic rings. The summed E-state index contributed by atoms with van der Waals surface area (Å²) < 4.78 is 40.5. The number of nitrogens with one attached hydrogen (secondary N) is 2. The van der Waals surface area contributed by atoms with E-state index in [1.807, 2.05) is 66.7 Å². The van der Waals surface area contributed by atoms with Crippen molar-refractivity contribution in [2.45, 2.75) is 17.9 Å². The first-order valence-electron chi connectivity index (χ1n) is 18.8. The van der Waals surface area contributed by atoms with Crippen molar-refractivity contribution in [3.63, 3.8) is 0 Å². The first-order chi connectivity index (χ1) is 28.1. The molecule has 2 aliphatic rings. The second-order valence-electron chi connectivity index (χ2n) is 13.8. The van der Waals surface area contributed by atoms with Crippen LogP contribution < -0.4 is 19.7 Å². The van der Waals surface area contributed by atoms with Gasteiger partial charge in [-0.25, -0.2) is 13.1 Å². The number of hydrogen-bond donors (Lipinski definition) is 2. The number of sulfonamides is 1. The zero-order chi connectivity index (χ0) is 40.5. The maximum atomic E-state index is 13.7. The second-order valence-corrected chi connectivity index (χ2v) is 15.9. The molecule has 0 radical (unpaired) electrons. The van der Waals surface area contributed by atoms with Crippen LogP contribution in [0.25, 0.3) is 11.1 Å². The van der Waals surface area contributed by atoms with Crippen molar-refractivity contribution in [1.82, 2.24) is 9.62 Å². The van der Waals surface area contributed by atoms with E-state index in [2.05, 4.69) is 38.0 Å². The third-order valence-electron chi connectivity index (χ3n) is 10.0. The van der Waals surface area contributed by atoms with E-state index in [0.717, 1.165) is 61.2 Å². The number of carbonyl (C=O) groups excluding carboxylic acids is 1. The van der Waals surface area contributed by atoms with Crippen molar-refractivity contribution < 1.29 is 27.6 Å². The van der Waals surface area contributed by atoms with Gasteiger partial charge >= 0.3 is 0 Å². The van der Waals surface area contributed by atoms with Crippen LogP contribution >= 0.6 is 11.6 Å². The van der Waals surface area contributed by atoms with Crippen LogP contribution in [0, 0.1) is 10.1 Å². The third kappa shape index (κ3) is 10.0. The lowest BCUT2D eigenvalue weighted by Crippen LogP contribution is -2.46. The van der Waals surface area contributed by atoms with Crippen molar-refractivity contribution in [1.29, 1.82) is 0 Å². The molecule has 0 atom stereocenters. The molecule has 14 heteroatoms. The van der Waals surface area contributed by atoms with Gasteiger partial charge in [-0.2, -0.15) is 0 Å². The Morgan fingerprint density at radius 2 is 1.66 bits per heavy atom. The smallest absolute Gasteiger partial charge is 0.293 e. The molecule has 2 aliphatic heterocycles. The number of anilines is 2. The summed E-state index contributed by atoms with van der Waals surface area (Å²) in [5.41, 5.74) is 5.93. The summed E-state index contributed by atoms with van der Waals surface area (Å²) in [6, 6.07) is 34.6. The van der Waals surface area contributed by atoms with Crippen LogP contribution in [0.3, 0.4) is 0 Å². The van der Waals surface area contributed by atoms with Gasteiger partial charge in [-0.15, -0.1) is 0 Å². The van der Waals surface area contributed by atoms with Crippen LogP contribution in [-0.2, 0) is 27.7 Å². The Bertz CT molecular complexity index is 2430. The van der Waals surface area contributed by atoms with Gasteiger partial charge in [0.1, 0.15) is 18.0 Å². The average Bonchev–Trinajstić information content (AvgIpc) is 3.24. The molecule has 7 rings (SSSR count). The van der Waals surface area contributed by atoms with Crippen molar-refractivity contribution in [3.8, 4) is 16.9 Å². The molecule has 0 saturated carbocycles. The number of nitro groups is 1. The molecule has 0 aliphatic carbocycles. The molecular formula is C44H42ClN5O7S. The van der Waals surface area contributed by atoms with Crippen LogP contribution in [0.15, 0.2) is 144 Å². The predicted molar refractivity (Wildman–Crippen MR) is 226 cm³/mol. The standard InChI is InChI=1S/C44H42ClN5O7S/c45-36-12-10-34(11-13-36)39-9-5-4-8-35(39)31-48-21-23-49(24-22-48)37-14-16-40(43(28-37)57-27-20-32-6-2-1-3-7-32)44(51)47-58(54,55)38-15-17-41(42(29-38)50(52)53)46-30-33-18-25-56-26-19-33/h1-19,25,28-29,46H,20-24,26-27,30-31H2,(H,47,51). The van der Waals surface area contributed by atoms with Gasteiger partial charge in [-0.3, -0.25) is 19.8 Å². The lowest BCUT2D eigenvalue weighted by atomic mass is 9.99. The molecule has 2 N–H and O–H groups in total. The maximum Gasteiger partial charge on any atom is 0.293 e. The summed E-state index contributed by atoms with van der Waals surface area (Å²) in [5.74, 6) is -0.698. The van der Waals surface area contributed by atoms with Crippen LogP contribution in [0.2, 0.25) is 5.02 Å². The van der Waals surface area contributed by atoms with Crippen molar-refractivity contribution >= 4 is 44.6 Å². The fraction of sp³-hybridized carbons (Fsp3) is 0.205. The highest BCUT2D eigenvalue weighted by Crippen LogP contribution is 2.31. The lowest BCUT2D eigenvalue weighted by Gasteiger charge is -2.36. The molecule has 0 bridgehead atoms. The van der Waals surface area contributed by atoms with Crippen LogP contribution in [0.4, 0.5) is 17.1 Å². The van der Waals surface area contributed by atoms with E-state index in [1.165, 1.54) is 29.5 Å². The minimum atomic E-state index is -4.53. The Morgan fingerprint density at radius 1 is 0.897 bits per heavy atom. The number of carbonyl (C=O) groups is 1. The van der Waals surface area contributed by atoms with E-state index in [1.54, 1.807) is 24.3 Å². The minimum absolute atomic E-state index is 0.0170. The Balaban J connectivity index is 1.06. The predicted octanol–water partition coefficient (Wildman–Crippen LogP) is 7.86. The highest BCUT2D eigenvalue weighted by molar-refractivity contribution is 7.90. The number of hydrogen-bond acceptors (Lipinski definition) is 10. The fourth-order valence-electron chi connectivity index (χ4n) is 6.87. The molecular weight excluding hydrogens is 778 g/mol. The molecule has 58 heavy (non-hydrogen) atoms. The lowest BCUT2D eigenvalue weighted by molar-refractivity contribution is -0.384. The van der Waals surface area contributed by atoms with Gasteiger partial charge in [0.25, 0.3) is 21.6 Å². The number of piperazine rings is 1. The second kappa shape index (κ2) is 18.4. The Hall–Kier alpha value is -6.15. The zero-order valence-corrected chi connectivity index (χ0v) is 33.1. The zero-order valence-electron chi connectivity index (χ0n) is 31.6. The number of rotatable bonds is 15. The third-order valence-corrected chi connectivity index (χ3v) is 11.6. The highest BCUT2D eigenvalue weighted by Gasteiger charge is 2.27. The van der Waals surface area contributed by atoms with Crippen molar-refractivity contribution in [3.05, 3.63) is 171 Å². The summed E-state index contributed by atoms with van der Waals surface area (Å²) >= 11 is 6.15. The molecule has 2 heterocycles. The summed E-state index contributed by atoms with van der Waals surface area (Å²) in [4.78, 5) is 29.2. The van der Waals surface area contributed by atoms with Gasteiger partial charge in [0.2, 0.25) is 0 Å². The SMILES string of the molecule is O=C(NS(=O)(=O)c1ccc(NCC2=CCOC=C2)c([N+](=O)[O-])c1)c1ccc(N2CCN(Cc3ccccc3-c3ccc(Cl)cc3)CC2)cc1OCCc1ccccc1. The number of nitrogens with zero attached hydrogens (tertiary/aromatic N) is 3. The quantitative estimate of drug-likeness (QED) is 0.0792. The molecule has 298 valence electrons. The Labute approximate surface area is 342 Å². The van der Waals surface area contributed by atoms with Gasteiger partial charge in [0, 0.05) is 68.5 Å². The summed E-state index contributed by atoms with van der Waals surface area (Å²) in [6.07, 6.45) is 5.65. The van der Waals surface area contributed by atoms with Crippen LogP contribution in [0.1, 0.15) is 21.5 Å². The van der Waals surface area contributed by atoms with E-state index in [-0.39, 0.29) is 30.2 Å². The number of amides is 1. The molecule has 1 saturated heterocycles.